The number of rotatable bonds is 3. The van der Waals surface area contributed by atoms with E-state index in [1.807, 2.05) is 30.3 Å². The fraction of sp³-hybridized carbons (Fsp3) is 0.524. The van der Waals surface area contributed by atoms with Crippen LogP contribution in [0, 0.1) is 23.2 Å². The molecule has 24 heavy (non-hydrogen) atoms. The summed E-state index contributed by atoms with van der Waals surface area (Å²) in [5, 5.41) is 4.23. The zero-order valence-electron chi connectivity index (χ0n) is 14.0. The Morgan fingerprint density at radius 1 is 1.04 bits per heavy atom. The van der Waals surface area contributed by atoms with Crippen molar-refractivity contribution in [2.24, 2.45) is 23.2 Å². The number of fused-ring (bicyclic) bond motifs is 1. The highest BCUT2D eigenvalue weighted by Crippen LogP contribution is 2.59. The molecule has 124 valence electrons. The Hall–Kier alpha value is -1.90. The summed E-state index contributed by atoms with van der Waals surface area (Å²) in [5.41, 5.74) is 2.03. The summed E-state index contributed by atoms with van der Waals surface area (Å²) in [7, 11) is 0. The van der Waals surface area contributed by atoms with Crippen molar-refractivity contribution in [1.82, 2.24) is 10.3 Å². The second-order valence-corrected chi connectivity index (χ2v) is 8.48. The molecule has 3 heteroatoms. The fourth-order valence-electron chi connectivity index (χ4n) is 6.17. The average Bonchev–Trinajstić information content (AvgIpc) is 2.58. The Labute approximate surface area is 142 Å². The van der Waals surface area contributed by atoms with Gasteiger partial charge in [0.05, 0.1) is 5.52 Å². The minimum atomic E-state index is 0.0596. The molecule has 4 aliphatic carbocycles. The number of nitrogens with zero attached hydrogens (tertiary/aromatic N) is 1. The molecule has 1 aromatic heterocycles. The van der Waals surface area contributed by atoms with Crippen molar-refractivity contribution in [3.63, 3.8) is 0 Å². The molecule has 4 bridgehead atoms. The Bertz CT molecular complexity index is 757. The van der Waals surface area contributed by atoms with E-state index in [0.29, 0.717) is 5.41 Å². The van der Waals surface area contributed by atoms with Crippen LogP contribution < -0.4 is 5.32 Å². The number of carbonyl (C=O) groups is 1. The number of amides is 1. The lowest BCUT2D eigenvalue weighted by Crippen LogP contribution is -2.51. The average molecular weight is 320 g/mol. The first-order chi connectivity index (χ1) is 11.7. The van der Waals surface area contributed by atoms with Gasteiger partial charge in [-0.15, -0.1) is 0 Å². The van der Waals surface area contributed by atoms with Crippen molar-refractivity contribution in [2.75, 3.05) is 6.54 Å². The highest BCUT2D eigenvalue weighted by atomic mass is 16.1. The minimum Gasteiger partial charge on any atom is -0.351 e. The van der Waals surface area contributed by atoms with Crippen LogP contribution in [0.2, 0.25) is 0 Å². The Kier molecular flexibility index (Phi) is 3.19. The van der Waals surface area contributed by atoms with Gasteiger partial charge in [-0.25, -0.2) is 0 Å². The van der Waals surface area contributed by atoms with Crippen molar-refractivity contribution in [1.29, 1.82) is 0 Å². The molecular weight excluding hydrogens is 296 g/mol. The zero-order chi connectivity index (χ0) is 16.1. The van der Waals surface area contributed by atoms with Crippen LogP contribution in [0.5, 0.6) is 0 Å². The SMILES string of the molecule is O=C(NCC12CC3CC(CC(C3)C1)C2)c1cccc2ncccc12. The number of carbonyl (C=O) groups excluding carboxylic acids is 1. The lowest BCUT2D eigenvalue weighted by atomic mass is 9.49. The molecular formula is C21H24N2O. The van der Waals surface area contributed by atoms with E-state index in [1.165, 1.54) is 38.5 Å². The van der Waals surface area contributed by atoms with Gasteiger partial charge in [-0.2, -0.15) is 0 Å². The molecule has 4 aliphatic rings. The summed E-state index contributed by atoms with van der Waals surface area (Å²) in [5.74, 6) is 2.84. The maximum atomic E-state index is 12.8. The first-order valence-electron chi connectivity index (χ1n) is 9.33. The standard InChI is InChI=1S/C21H24N2O/c24-20(18-3-1-5-19-17(18)4-2-6-22-19)23-13-21-10-14-7-15(11-21)9-16(8-14)12-21/h1-6,14-16H,7-13H2,(H,23,24). The molecule has 1 amide bonds. The van der Waals surface area contributed by atoms with E-state index in [2.05, 4.69) is 10.3 Å². The third kappa shape index (κ3) is 2.33. The van der Waals surface area contributed by atoms with Crippen LogP contribution in [-0.4, -0.2) is 17.4 Å². The molecule has 0 atom stereocenters. The van der Waals surface area contributed by atoms with E-state index in [0.717, 1.165) is 40.8 Å². The van der Waals surface area contributed by atoms with E-state index in [-0.39, 0.29) is 5.91 Å². The summed E-state index contributed by atoms with van der Waals surface area (Å²) in [6, 6.07) is 9.69. The smallest absolute Gasteiger partial charge is 0.251 e. The van der Waals surface area contributed by atoms with Crippen molar-refractivity contribution in [3.05, 3.63) is 42.1 Å². The number of hydrogen-bond acceptors (Lipinski definition) is 2. The predicted molar refractivity (Wildman–Crippen MR) is 94.7 cm³/mol. The molecule has 0 unspecified atom stereocenters. The van der Waals surface area contributed by atoms with Gasteiger partial charge < -0.3 is 5.32 Å². The van der Waals surface area contributed by atoms with E-state index in [9.17, 15) is 4.79 Å². The largest absolute Gasteiger partial charge is 0.351 e. The van der Waals surface area contributed by atoms with Crippen molar-refractivity contribution in [2.45, 2.75) is 38.5 Å². The highest BCUT2D eigenvalue weighted by molar-refractivity contribution is 6.06. The van der Waals surface area contributed by atoms with Crippen molar-refractivity contribution in [3.8, 4) is 0 Å². The summed E-state index contributed by atoms with van der Waals surface area (Å²) >= 11 is 0. The second kappa shape index (κ2) is 5.30. The third-order valence-electron chi connectivity index (χ3n) is 6.68. The van der Waals surface area contributed by atoms with E-state index < -0.39 is 0 Å². The Morgan fingerprint density at radius 3 is 2.46 bits per heavy atom. The van der Waals surface area contributed by atoms with Crippen LogP contribution in [0.25, 0.3) is 10.9 Å². The quantitative estimate of drug-likeness (QED) is 0.922. The van der Waals surface area contributed by atoms with Crippen LogP contribution in [0.3, 0.4) is 0 Å². The van der Waals surface area contributed by atoms with Gasteiger partial charge in [-0.05, 0) is 79.9 Å². The fourth-order valence-corrected chi connectivity index (χ4v) is 6.17. The van der Waals surface area contributed by atoms with Crippen molar-refractivity contribution < 1.29 is 4.79 Å². The normalized spacial score (nSPS) is 33.8. The van der Waals surface area contributed by atoms with Crippen LogP contribution in [0.15, 0.2) is 36.5 Å². The molecule has 1 N–H and O–H groups in total. The van der Waals surface area contributed by atoms with Gasteiger partial charge in [0.2, 0.25) is 0 Å². The summed E-state index contributed by atoms with van der Waals surface area (Å²) < 4.78 is 0. The molecule has 4 saturated carbocycles. The monoisotopic (exact) mass is 320 g/mol. The maximum Gasteiger partial charge on any atom is 0.251 e. The van der Waals surface area contributed by atoms with Gasteiger partial charge in [0.1, 0.15) is 0 Å². The molecule has 0 spiro atoms. The minimum absolute atomic E-state index is 0.0596. The highest BCUT2D eigenvalue weighted by Gasteiger charge is 2.50. The van der Waals surface area contributed by atoms with Gasteiger partial charge in [-0.3, -0.25) is 9.78 Å². The topological polar surface area (TPSA) is 42.0 Å². The Morgan fingerprint density at radius 2 is 1.75 bits per heavy atom. The van der Waals surface area contributed by atoms with Crippen LogP contribution in [0.4, 0.5) is 0 Å². The van der Waals surface area contributed by atoms with E-state index in [4.69, 9.17) is 0 Å². The van der Waals surface area contributed by atoms with Gasteiger partial charge in [0, 0.05) is 23.7 Å². The molecule has 4 fully saturated rings. The van der Waals surface area contributed by atoms with Gasteiger partial charge in [0.25, 0.3) is 5.91 Å². The van der Waals surface area contributed by atoms with Gasteiger partial charge in [0.15, 0.2) is 0 Å². The lowest BCUT2D eigenvalue weighted by Gasteiger charge is -2.56. The number of hydrogen-bond donors (Lipinski definition) is 1. The molecule has 3 nitrogen and oxygen atoms in total. The van der Waals surface area contributed by atoms with Crippen LogP contribution >= 0.6 is 0 Å². The number of aromatic nitrogens is 1. The summed E-state index contributed by atoms with van der Waals surface area (Å²) in [6.45, 7) is 0.853. The van der Waals surface area contributed by atoms with Gasteiger partial charge in [-0.1, -0.05) is 12.1 Å². The number of benzene rings is 1. The van der Waals surface area contributed by atoms with Crippen LogP contribution in [0.1, 0.15) is 48.9 Å². The molecule has 1 heterocycles. The number of nitrogens with one attached hydrogen (secondary N) is 1. The first kappa shape index (κ1) is 14.4. The molecule has 0 saturated heterocycles. The maximum absolute atomic E-state index is 12.8. The number of pyridine rings is 1. The third-order valence-corrected chi connectivity index (χ3v) is 6.68. The Balaban J connectivity index is 1.36. The second-order valence-electron chi connectivity index (χ2n) is 8.48. The molecule has 2 aromatic rings. The molecule has 0 radical (unpaired) electrons. The first-order valence-corrected chi connectivity index (χ1v) is 9.33. The predicted octanol–water partition coefficient (Wildman–Crippen LogP) is 4.18. The van der Waals surface area contributed by atoms with Crippen molar-refractivity contribution >= 4 is 16.8 Å². The summed E-state index contributed by atoms with van der Waals surface area (Å²) in [6.07, 6.45) is 10.1. The van der Waals surface area contributed by atoms with E-state index in [1.54, 1.807) is 6.20 Å². The lowest BCUT2D eigenvalue weighted by molar-refractivity contribution is -0.0503. The van der Waals surface area contributed by atoms with E-state index >= 15 is 0 Å². The molecule has 6 rings (SSSR count). The zero-order valence-corrected chi connectivity index (χ0v) is 14.0. The molecule has 0 aliphatic heterocycles. The van der Waals surface area contributed by atoms with Crippen LogP contribution in [-0.2, 0) is 0 Å². The summed E-state index contributed by atoms with van der Waals surface area (Å²) in [4.78, 5) is 17.2. The molecule has 1 aromatic carbocycles. The van der Waals surface area contributed by atoms with Gasteiger partial charge >= 0.3 is 0 Å².